The number of benzene rings is 3. The molecule has 2 N–H and O–H groups in total. The lowest BCUT2D eigenvalue weighted by atomic mass is 9.89. The second-order valence-corrected chi connectivity index (χ2v) is 9.91. The van der Waals surface area contributed by atoms with Crippen molar-refractivity contribution in [3.8, 4) is 23.3 Å². The van der Waals surface area contributed by atoms with Crippen LogP contribution in [0, 0.1) is 22.7 Å². The Labute approximate surface area is 234 Å². The molecule has 7 nitrogen and oxygen atoms in total. The van der Waals surface area contributed by atoms with E-state index in [1.807, 2.05) is 89.8 Å². The van der Waals surface area contributed by atoms with Crippen LogP contribution in [0.3, 0.4) is 0 Å². The number of pyridine rings is 1. The SMILES string of the molecule is N#Cc1ccc(NC2CCC(N(C(=O)NCc3ccccc3)c3ccc(-c4ccccc4C#N)cc3)CC2)nc1. The van der Waals surface area contributed by atoms with Gasteiger partial charge in [0, 0.05) is 30.5 Å². The van der Waals surface area contributed by atoms with Gasteiger partial charge in [0.25, 0.3) is 0 Å². The summed E-state index contributed by atoms with van der Waals surface area (Å²) < 4.78 is 0. The third kappa shape index (κ3) is 6.28. The minimum Gasteiger partial charge on any atom is -0.367 e. The highest BCUT2D eigenvalue weighted by Crippen LogP contribution is 2.31. The van der Waals surface area contributed by atoms with Crippen LogP contribution in [0.2, 0.25) is 0 Å². The largest absolute Gasteiger partial charge is 0.367 e. The average Bonchev–Trinajstić information content (AvgIpc) is 3.02. The van der Waals surface area contributed by atoms with E-state index in [2.05, 4.69) is 27.8 Å². The molecule has 1 aliphatic rings. The summed E-state index contributed by atoms with van der Waals surface area (Å²) in [4.78, 5) is 19.9. The highest BCUT2D eigenvalue weighted by molar-refractivity contribution is 5.93. The van der Waals surface area contributed by atoms with Crippen LogP contribution in [0.15, 0.2) is 97.2 Å². The Morgan fingerprint density at radius 1 is 0.850 bits per heavy atom. The number of hydrogen-bond donors (Lipinski definition) is 2. The predicted molar refractivity (Wildman–Crippen MR) is 156 cm³/mol. The summed E-state index contributed by atoms with van der Waals surface area (Å²) in [6.45, 7) is 0.449. The predicted octanol–water partition coefficient (Wildman–Crippen LogP) is 6.63. The summed E-state index contributed by atoms with van der Waals surface area (Å²) in [6, 6.07) is 33.4. The van der Waals surface area contributed by atoms with Gasteiger partial charge in [0.2, 0.25) is 0 Å². The highest BCUT2D eigenvalue weighted by Gasteiger charge is 2.30. The van der Waals surface area contributed by atoms with Gasteiger partial charge in [0.15, 0.2) is 0 Å². The van der Waals surface area contributed by atoms with Gasteiger partial charge in [-0.15, -0.1) is 0 Å². The van der Waals surface area contributed by atoms with Crippen molar-refractivity contribution in [2.45, 2.75) is 44.3 Å². The zero-order chi connectivity index (χ0) is 27.7. The molecule has 198 valence electrons. The standard InChI is InChI=1S/C33H30N6O/c34-20-25-10-19-32(36-23-25)38-28-13-17-30(18-14-28)39(33(40)37-22-24-6-2-1-3-7-24)29-15-11-26(12-16-29)31-9-5-4-8-27(31)21-35/h1-12,15-16,19,23,28,30H,13-14,17-18,22H2,(H,36,38)(H,37,40). The number of nitrogens with zero attached hydrogens (tertiary/aromatic N) is 4. The summed E-state index contributed by atoms with van der Waals surface area (Å²) in [5.74, 6) is 0.758. The van der Waals surface area contributed by atoms with Crippen molar-refractivity contribution in [2.24, 2.45) is 0 Å². The molecule has 0 spiro atoms. The second kappa shape index (κ2) is 12.6. The highest BCUT2D eigenvalue weighted by atomic mass is 16.2. The first-order valence-electron chi connectivity index (χ1n) is 13.5. The van der Waals surface area contributed by atoms with Crippen molar-refractivity contribution in [1.82, 2.24) is 10.3 Å². The number of aromatic nitrogens is 1. The summed E-state index contributed by atoms with van der Waals surface area (Å²) in [5, 5.41) is 25.1. The number of rotatable bonds is 7. The lowest BCUT2D eigenvalue weighted by molar-refractivity contribution is 0.240. The minimum atomic E-state index is -0.126. The molecule has 0 bridgehead atoms. The summed E-state index contributed by atoms with van der Waals surface area (Å²) in [7, 11) is 0. The average molecular weight is 527 g/mol. The van der Waals surface area contributed by atoms with Crippen molar-refractivity contribution in [3.05, 3.63) is 114 Å². The molecular formula is C33H30N6O. The molecule has 1 aliphatic carbocycles. The van der Waals surface area contributed by atoms with E-state index < -0.39 is 0 Å². The van der Waals surface area contributed by atoms with Crippen LogP contribution in [-0.4, -0.2) is 23.1 Å². The lowest BCUT2D eigenvalue weighted by Crippen LogP contribution is -2.48. The molecule has 0 unspecified atom stereocenters. The first-order chi connectivity index (χ1) is 19.6. The second-order valence-electron chi connectivity index (χ2n) is 9.91. The maximum Gasteiger partial charge on any atom is 0.322 e. The number of amides is 2. The van der Waals surface area contributed by atoms with E-state index in [0.29, 0.717) is 17.7 Å². The minimum absolute atomic E-state index is 0.0417. The maximum atomic E-state index is 13.6. The Bertz CT molecular complexity index is 1510. The first kappa shape index (κ1) is 26.5. The third-order valence-corrected chi connectivity index (χ3v) is 7.32. The molecule has 3 aromatic carbocycles. The molecule has 0 saturated heterocycles. The van der Waals surface area contributed by atoms with E-state index in [1.165, 1.54) is 0 Å². The zero-order valence-corrected chi connectivity index (χ0v) is 22.1. The van der Waals surface area contributed by atoms with Crippen molar-refractivity contribution >= 4 is 17.5 Å². The van der Waals surface area contributed by atoms with Crippen LogP contribution in [-0.2, 0) is 6.54 Å². The molecule has 1 aromatic heterocycles. The number of hydrogen-bond acceptors (Lipinski definition) is 5. The number of carbonyl (C=O) groups excluding carboxylic acids is 1. The third-order valence-electron chi connectivity index (χ3n) is 7.32. The Kier molecular flexibility index (Phi) is 8.34. The summed E-state index contributed by atoms with van der Waals surface area (Å²) >= 11 is 0. The molecule has 5 rings (SSSR count). The fourth-order valence-corrected chi connectivity index (χ4v) is 5.22. The van der Waals surface area contributed by atoms with Gasteiger partial charge in [-0.25, -0.2) is 9.78 Å². The molecule has 0 atom stereocenters. The van der Waals surface area contributed by atoms with Crippen molar-refractivity contribution in [1.29, 1.82) is 10.5 Å². The number of urea groups is 1. The van der Waals surface area contributed by atoms with Gasteiger partial charge in [-0.2, -0.15) is 10.5 Å². The molecule has 7 heteroatoms. The van der Waals surface area contributed by atoms with Crippen molar-refractivity contribution < 1.29 is 4.79 Å². The van der Waals surface area contributed by atoms with Crippen LogP contribution in [0.5, 0.6) is 0 Å². The number of nitriles is 2. The molecule has 1 saturated carbocycles. The van der Waals surface area contributed by atoms with Crippen LogP contribution in [0.25, 0.3) is 11.1 Å². The van der Waals surface area contributed by atoms with Gasteiger partial charge in [0.1, 0.15) is 11.9 Å². The molecule has 1 fully saturated rings. The first-order valence-corrected chi connectivity index (χ1v) is 13.5. The van der Waals surface area contributed by atoms with Crippen molar-refractivity contribution in [3.63, 3.8) is 0 Å². The smallest absolute Gasteiger partial charge is 0.322 e. The fraction of sp³-hybridized carbons (Fsp3) is 0.212. The fourth-order valence-electron chi connectivity index (χ4n) is 5.22. The Morgan fingerprint density at radius 2 is 1.57 bits per heavy atom. The monoisotopic (exact) mass is 526 g/mol. The van der Waals surface area contributed by atoms with Gasteiger partial charge in [-0.1, -0.05) is 60.7 Å². The van der Waals surface area contributed by atoms with Crippen LogP contribution >= 0.6 is 0 Å². The van der Waals surface area contributed by atoms with Gasteiger partial charge >= 0.3 is 6.03 Å². The maximum absolute atomic E-state index is 13.6. The number of nitrogens with one attached hydrogen (secondary N) is 2. The van der Waals surface area contributed by atoms with E-state index in [-0.39, 0.29) is 18.1 Å². The van der Waals surface area contributed by atoms with Crippen LogP contribution < -0.4 is 15.5 Å². The van der Waals surface area contributed by atoms with Crippen molar-refractivity contribution in [2.75, 3.05) is 10.2 Å². The van der Waals surface area contributed by atoms with Crippen LogP contribution in [0.1, 0.15) is 42.4 Å². The van der Waals surface area contributed by atoms with E-state index in [0.717, 1.165) is 53.9 Å². The van der Waals surface area contributed by atoms with E-state index >= 15 is 0 Å². The lowest BCUT2D eigenvalue weighted by Gasteiger charge is -2.37. The molecule has 40 heavy (non-hydrogen) atoms. The molecule has 1 heterocycles. The van der Waals surface area contributed by atoms with E-state index in [4.69, 9.17) is 5.26 Å². The molecule has 4 aromatic rings. The topological polar surface area (TPSA) is 105 Å². The van der Waals surface area contributed by atoms with Gasteiger partial charge in [0.05, 0.1) is 17.2 Å². The molecule has 2 amide bonds. The number of anilines is 2. The number of carbonyl (C=O) groups is 1. The Morgan fingerprint density at radius 3 is 2.25 bits per heavy atom. The molecule has 0 aliphatic heterocycles. The van der Waals surface area contributed by atoms with E-state index in [1.54, 1.807) is 12.3 Å². The quantitative estimate of drug-likeness (QED) is 0.281. The van der Waals surface area contributed by atoms with E-state index in [9.17, 15) is 10.1 Å². The Hall–Kier alpha value is -5.14. The van der Waals surface area contributed by atoms with Crippen LogP contribution in [0.4, 0.5) is 16.3 Å². The summed E-state index contributed by atoms with van der Waals surface area (Å²) in [6.07, 6.45) is 5.04. The molecule has 0 radical (unpaired) electrons. The Balaban J connectivity index is 1.32. The normalized spacial score (nSPS) is 16.2. The summed E-state index contributed by atoms with van der Waals surface area (Å²) in [5.41, 5.74) is 4.84. The van der Waals surface area contributed by atoms with Gasteiger partial charge < -0.3 is 10.6 Å². The van der Waals surface area contributed by atoms with Gasteiger partial charge in [-0.05, 0) is 72.7 Å². The zero-order valence-electron chi connectivity index (χ0n) is 22.1. The van der Waals surface area contributed by atoms with Gasteiger partial charge in [-0.3, -0.25) is 4.90 Å². The molecular weight excluding hydrogens is 496 g/mol.